The molecular formula is C21H24N2O2. The normalized spacial score (nSPS) is 15.2. The van der Waals surface area contributed by atoms with Gasteiger partial charge in [-0.2, -0.15) is 0 Å². The van der Waals surface area contributed by atoms with Gasteiger partial charge in [0.25, 0.3) is 0 Å². The van der Waals surface area contributed by atoms with E-state index in [1.165, 1.54) is 0 Å². The van der Waals surface area contributed by atoms with Gasteiger partial charge in [-0.15, -0.1) is 0 Å². The van der Waals surface area contributed by atoms with Gasteiger partial charge in [0.2, 0.25) is 11.8 Å². The molecule has 0 saturated carbocycles. The first kappa shape index (κ1) is 17.2. The summed E-state index contributed by atoms with van der Waals surface area (Å²) in [5, 5.41) is 0. The van der Waals surface area contributed by atoms with E-state index in [2.05, 4.69) is 20.8 Å². The Hall–Kier alpha value is -2.62. The Labute approximate surface area is 149 Å². The van der Waals surface area contributed by atoms with E-state index in [0.29, 0.717) is 6.54 Å². The summed E-state index contributed by atoms with van der Waals surface area (Å²) in [4.78, 5) is 29.0. The van der Waals surface area contributed by atoms with Crippen LogP contribution in [0.4, 0.5) is 17.1 Å². The Morgan fingerprint density at radius 1 is 0.840 bits per heavy atom. The predicted octanol–water partition coefficient (Wildman–Crippen LogP) is 4.52. The van der Waals surface area contributed by atoms with E-state index >= 15 is 0 Å². The van der Waals surface area contributed by atoms with Crippen molar-refractivity contribution >= 4 is 28.9 Å². The molecule has 2 aromatic rings. The maximum absolute atomic E-state index is 12.8. The fourth-order valence-corrected chi connectivity index (χ4v) is 3.01. The molecular weight excluding hydrogens is 312 g/mol. The fourth-order valence-electron chi connectivity index (χ4n) is 3.01. The molecule has 1 heterocycles. The van der Waals surface area contributed by atoms with Crippen LogP contribution in [0.5, 0.6) is 0 Å². The van der Waals surface area contributed by atoms with Crippen molar-refractivity contribution in [1.29, 1.82) is 0 Å². The van der Waals surface area contributed by atoms with Gasteiger partial charge in [0.1, 0.15) is 6.42 Å². The number of para-hydroxylation sites is 3. The van der Waals surface area contributed by atoms with Gasteiger partial charge in [0, 0.05) is 12.2 Å². The monoisotopic (exact) mass is 336 g/mol. The van der Waals surface area contributed by atoms with Crippen LogP contribution in [0.2, 0.25) is 0 Å². The second-order valence-corrected chi connectivity index (χ2v) is 7.59. The fraction of sp³-hybridized carbons (Fsp3) is 0.333. The molecule has 0 unspecified atom stereocenters. The maximum Gasteiger partial charge on any atom is 0.241 e. The molecule has 0 spiro atoms. The second-order valence-electron chi connectivity index (χ2n) is 7.59. The van der Waals surface area contributed by atoms with Crippen molar-refractivity contribution < 1.29 is 9.59 Å². The van der Waals surface area contributed by atoms with Crippen LogP contribution in [0.3, 0.4) is 0 Å². The molecule has 0 N–H and O–H groups in total. The molecule has 0 atom stereocenters. The summed E-state index contributed by atoms with van der Waals surface area (Å²) in [6.45, 7) is 7.07. The van der Waals surface area contributed by atoms with Crippen molar-refractivity contribution in [2.24, 2.45) is 5.41 Å². The van der Waals surface area contributed by atoms with Crippen molar-refractivity contribution in [3.8, 4) is 0 Å². The number of hydrogen-bond donors (Lipinski definition) is 0. The van der Waals surface area contributed by atoms with E-state index in [-0.39, 0.29) is 23.7 Å². The number of carbonyl (C=O) groups excluding carboxylic acids is 2. The van der Waals surface area contributed by atoms with Crippen LogP contribution >= 0.6 is 0 Å². The SMILES string of the molecule is CC(C)(C)CCN1C(=O)CC(=O)N(c2ccccc2)c2ccccc21. The molecule has 0 fully saturated rings. The number of rotatable bonds is 3. The van der Waals surface area contributed by atoms with E-state index in [4.69, 9.17) is 0 Å². The molecule has 4 nitrogen and oxygen atoms in total. The topological polar surface area (TPSA) is 40.6 Å². The average molecular weight is 336 g/mol. The zero-order valence-electron chi connectivity index (χ0n) is 15.0. The number of nitrogens with zero attached hydrogens (tertiary/aromatic N) is 2. The molecule has 0 saturated heterocycles. The third kappa shape index (κ3) is 3.73. The highest BCUT2D eigenvalue weighted by atomic mass is 16.2. The van der Waals surface area contributed by atoms with E-state index in [9.17, 15) is 9.59 Å². The minimum absolute atomic E-state index is 0.116. The predicted molar refractivity (Wildman–Crippen MR) is 101 cm³/mol. The van der Waals surface area contributed by atoms with Crippen molar-refractivity contribution in [3.05, 3.63) is 54.6 Å². The van der Waals surface area contributed by atoms with Gasteiger partial charge in [0.05, 0.1) is 11.4 Å². The van der Waals surface area contributed by atoms with Crippen molar-refractivity contribution in [1.82, 2.24) is 0 Å². The summed E-state index contributed by atoms with van der Waals surface area (Å²) in [5.74, 6) is -0.331. The van der Waals surface area contributed by atoms with Gasteiger partial charge in [-0.05, 0) is 36.1 Å². The third-order valence-corrected chi connectivity index (χ3v) is 4.37. The number of benzene rings is 2. The molecule has 0 aromatic heterocycles. The zero-order valence-corrected chi connectivity index (χ0v) is 15.0. The minimum Gasteiger partial charge on any atom is -0.310 e. The molecule has 25 heavy (non-hydrogen) atoms. The van der Waals surface area contributed by atoms with Gasteiger partial charge in [-0.25, -0.2) is 0 Å². The lowest BCUT2D eigenvalue weighted by Crippen LogP contribution is -2.34. The highest BCUT2D eigenvalue weighted by Gasteiger charge is 2.32. The highest BCUT2D eigenvalue weighted by molar-refractivity contribution is 6.18. The van der Waals surface area contributed by atoms with Gasteiger partial charge >= 0.3 is 0 Å². The Kier molecular flexibility index (Phi) is 4.62. The van der Waals surface area contributed by atoms with Crippen LogP contribution in [0, 0.1) is 5.41 Å². The van der Waals surface area contributed by atoms with Crippen LogP contribution in [0.25, 0.3) is 0 Å². The largest absolute Gasteiger partial charge is 0.310 e. The van der Waals surface area contributed by atoms with Gasteiger partial charge in [0.15, 0.2) is 0 Å². The molecule has 2 amide bonds. The quantitative estimate of drug-likeness (QED) is 0.773. The van der Waals surface area contributed by atoms with Gasteiger partial charge < -0.3 is 4.90 Å². The minimum atomic E-state index is -0.193. The number of carbonyl (C=O) groups is 2. The highest BCUT2D eigenvalue weighted by Crippen LogP contribution is 2.38. The van der Waals surface area contributed by atoms with E-state index in [1.807, 2.05) is 54.6 Å². The van der Waals surface area contributed by atoms with Crippen LogP contribution in [-0.4, -0.2) is 18.4 Å². The molecule has 3 rings (SSSR count). The standard InChI is InChI=1S/C21H24N2O2/c1-21(2,3)13-14-22-17-11-7-8-12-18(17)23(20(25)15-19(22)24)16-9-5-4-6-10-16/h4-12H,13-15H2,1-3H3. The summed E-state index contributed by atoms with van der Waals surface area (Å²) < 4.78 is 0. The second kappa shape index (κ2) is 6.71. The van der Waals surface area contributed by atoms with Crippen LogP contribution < -0.4 is 9.80 Å². The molecule has 2 aromatic carbocycles. The summed E-state index contributed by atoms with van der Waals surface area (Å²) in [6, 6.07) is 17.1. The van der Waals surface area contributed by atoms with Crippen molar-refractivity contribution in [2.45, 2.75) is 33.6 Å². The molecule has 0 aliphatic carbocycles. The first-order chi connectivity index (χ1) is 11.9. The zero-order chi connectivity index (χ0) is 18.0. The number of anilines is 3. The lowest BCUT2D eigenvalue weighted by molar-refractivity contribution is -0.125. The number of hydrogen-bond acceptors (Lipinski definition) is 2. The first-order valence-corrected chi connectivity index (χ1v) is 8.64. The van der Waals surface area contributed by atoms with Crippen LogP contribution in [-0.2, 0) is 9.59 Å². The Balaban J connectivity index is 2.06. The maximum atomic E-state index is 12.8. The molecule has 130 valence electrons. The molecule has 1 aliphatic rings. The molecule has 1 aliphatic heterocycles. The molecule has 4 heteroatoms. The molecule has 0 radical (unpaired) electrons. The smallest absolute Gasteiger partial charge is 0.241 e. The Morgan fingerprint density at radius 2 is 1.44 bits per heavy atom. The summed E-state index contributed by atoms with van der Waals surface area (Å²) in [6.07, 6.45) is 0.750. The average Bonchev–Trinajstić information content (AvgIpc) is 2.66. The lowest BCUT2D eigenvalue weighted by Gasteiger charge is -2.28. The number of fused-ring (bicyclic) bond motifs is 1. The van der Waals surface area contributed by atoms with Crippen molar-refractivity contribution in [3.63, 3.8) is 0 Å². The lowest BCUT2D eigenvalue weighted by atomic mass is 9.92. The first-order valence-electron chi connectivity index (χ1n) is 8.64. The van der Waals surface area contributed by atoms with Gasteiger partial charge in [-0.3, -0.25) is 14.5 Å². The van der Waals surface area contributed by atoms with Crippen molar-refractivity contribution in [2.75, 3.05) is 16.3 Å². The van der Waals surface area contributed by atoms with E-state index in [0.717, 1.165) is 23.5 Å². The Bertz CT molecular complexity index is 778. The molecule has 0 bridgehead atoms. The van der Waals surface area contributed by atoms with E-state index < -0.39 is 0 Å². The van der Waals surface area contributed by atoms with Crippen LogP contribution in [0.15, 0.2) is 54.6 Å². The Morgan fingerprint density at radius 3 is 2.08 bits per heavy atom. The summed E-state index contributed by atoms with van der Waals surface area (Å²) in [7, 11) is 0. The number of amides is 2. The van der Waals surface area contributed by atoms with E-state index in [1.54, 1.807) is 9.80 Å². The summed E-state index contributed by atoms with van der Waals surface area (Å²) >= 11 is 0. The summed E-state index contributed by atoms with van der Waals surface area (Å²) in [5.41, 5.74) is 2.46. The third-order valence-electron chi connectivity index (χ3n) is 4.37. The van der Waals surface area contributed by atoms with Crippen LogP contribution in [0.1, 0.15) is 33.6 Å². The van der Waals surface area contributed by atoms with Gasteiger partial charge in [-0.1, -0.05) is 51.1 Å².